The molecule has 0 fully saturated rings. The number of methoxy groups -OCH3 is 1. The molecule has 78 valence electrons. The molecule has 0 radical (unpaired) electrons. The van der Waals surface area contributed by atoms with E-state index >= 15 is 0 Å². The molecule has 0 atom stereocenters. The van der Waals surface area contributed by atoms with Gasteiger partial charge in [-0.25, -0.2) is 8.78 Å². The Morgan fingerprint density at radius 3 is 2.71 bits per heavy atom. The van der Waals surface area contributed by atoms with Crippen molar-refractivity contribution in [2.24, 2.45) is 0 Å². The number of alkyl halides is 3. The van der Waals surface area contributed by atoms with Crippen LogP contribution in [0.2, 0.25) is 0 Å². The third kappa shape index (κ3) is 2.15. The van der Waals surface area contributed by atoms with Crippen molar-refractivity contribution in [3.63, 3.8) is 0 Å². The summed E-state index contributed by atoms with van der Waals surface area (Å²) in [6.45, 7) is 0. The van der Waals surface area contributed by atoms with E-state index in [1.165, 1.54) is 7.11 Å². The molecule has 0 bridgehead atoms. The molecule has 0 aliphatic carbocycles. The molecule has 0 saturated carbocycles. The minimum atomic E-state index is -2.61. The summed E-state index contributed by atoms with van der Waals surface area (Å²) >= 11 is 8.67. The Bertz CT molecular complexity index is 335. The van der Waals surface area contributed by atoms with E-state index in [4.69, 9.17) is 16.3 Å². The lowest BCUT2D eigenvalue weighted by molar-refractivity contribution is 0.146. The van der Waals surface area contributed by atoms with Crippen molar-refractivity contribution in [2.45, 2.75) is 12.3 Å². The minimum Gasteiger partial charge on any atom is -0.495 e. The molecule has 0 amide bonds. The molecular weight excluding hydrogens is 279 g/mol. The lowest BCUT2D eigenvalue weighted by Gasteiger charge is -2.11. The van der Waals surface area contributed by atoms with Gasteiger partial charge in [-0.2, -0.15) is 0 Å². The normalized spacial score (nSPS) is 10.7. The summed E-state index contributed by atoms with van der Waals surface area (Å²) in [5.74, 6) is 0.228. The van der Waals surface area contributed by atoms with Crippen LogP contribution >= 0.6 is 27.5 Å². The minimum absolute atomic E-state index is 0.0886. The first-order valence-electron chi connectivity index (χ1n) is 3.67. The molecule has 0 saturated heterocycles. The van der Waals surface area contributed by atoms with Crippen molar-refractivity contribution >= 4 is 27.5 Å². The fourth-order valence-corrected chi connectivity index (χ4v) is 1.97. The summed E-state index contributed by atoms with van der Waals surface area (Å²) in [4.78, 5) is 3.79. The topological polar surface area (TPSA) is 22.1 Å². The quantitative estimate of drug-likeness (QED) is 0.793. The number of halogens is 4. The van der Waals surface area contributed by atoms with Gasteiger partial charge in [-0.15, -0.1) is 11.6 Å². The summed E-state index contributed by atoms with van der Waals surface area (Å²) in [6, 6.07) is 0. The van der Waals surface area contributed by atoms with Crippen molar-refractivity contribution in [3.05, 3.63) is 21.9 Å². The zero-order valence-electron chi connectivity index (χ0n) is 7.23. The second kappa shape index (κ2) is 4.89. The molecule has 0 aliphatic rings. The van der Waals surface area contributed by atoms with Crippen LogP contribution < -0.4 is 4.74 Å². The first kappa shape index (κ1) is 11.7. The summed E-state index contributed by atoms with van der Waals surface area (Å²) in [7, 11) is 1.32. The molecule has 0 aromatic carbocycles. The van der Waals surface area contributed by atoms with Gasteiger partial charge in [-0.3, -0.25) is 4.98 Å². The third-order valence-electron chi connectivity index (χ3n) is 1.64. The van der Waals surface area contributed by atoms with Crippen LogP contribution in [0, 0.1) is 0 Å². The molecule has 1 rings (SSSR count). The van der Waals surface area contributed by atoms with Crippen LogP contribution in [0.25, 0.3) is 0 Å². The molecule has 1 heterocycles. The highest BCUT2D eigenvalue weighted by Crippen LogP contribution is 2.36. The van der Waals surface area contributed by atoms with E-state index in [0.717, 1.165) is 6.20 Å². The Kier molecular flexibility index (Phi) is 4.07. The van der Waals surface area contributed by atoms with E-state index in [2.05, 4.69) is 20.9 Å². The third-order valence-corrected chi connectivity index (χ3v) is 2.71. The molecule has 1 aromatic rings. The molecule has 14 heavy (non-hydrogen) atoms. The van der Waals surface area contributed by atoms with E-state index in [-0.39, 0.29) is 17.2 Å². The number of aromatic nitrogens is 1. The fraction of sp³-hybridized carbons (Fsp3) is 0.375. The number of ether oxygens (including phenoxy) is 1. The van der Waals surface area contributed by atoms with Crippen LogP contribution in [0.4, 0.5) is 8.78 Å². The molecule has 2 nitrogen and oxygen atoms in total. The number of pyridine rings is 1. The van der Waals surface area contributed by atoms with Crippen LogP contribution in [0.5, 0.6) is 5.75 Å². The Hall–Kier alpha value is -0.420. The summed E-state index contributed by atoms with van der Waals surface area (Å²) in [5.41, 5.74) is 0.237. The Morgan fingerprint density at radius 2 is 2.29 bits per heavy atom. The number of nitrogens with zero attached hydrogens (tertiary/aromatic N) is 1. The van der Waals surface area contributed by atoms with E-state index in [0.29, 0.717) is 10.2 Å². The molecular formula is C8H7BrClF2NO. The first-order valence-corrected chi connectivity index (χ1v) is 5.00. The molecule has 0 spiro atoms. The molecule has 6 heteroatoms. The highest BCUT2D eigenvalue weighted by Gasteiger charge is 2.19. The zero-order chi connectivity index (χ0) is 10.7. The highest BCUT2D eigenvalue weighted by atomic mass is 79.9. The lowest BCUT2D eigenvalue weighted by Crippen LogP contribution is -1.98. The standard InChI is InChI=1S/C8H7BrClF2NO/c1-14-7-4(8(11)12)3-13-5(2-10)6(7)9/h3,8H,2H2,1H3. The van der Waals surface area contributed by atoms with Crippen LogP contribution in [0.1, 0.15) is 17.7 Å². The van der Waals surface area contributed by atoms with Crippen molar-refractivity contribution in [3.8, 4) is 5.75 Å². The molecule has 1 aromatic heterocycles. The van der Waals surface area contributed by atoms with Crippen molar-refractivity contribution in [1.29, 1.82) is 0 Å². The van der Waals surface area contributed by atoms with Crippen LogP contribution in [-0.2, 0) is 5.88 Å². The summed E-state index contributed by atoms with van der Waals surface area (Å²) in [6.07, 6.45) is -1.54. The fourth-order valence-electron chi connectivity index (χ4n) is 0.977. The second-order valence-corrected chi connectivity index (χ2v) is 3.50. The van der Waals surface area contributed by atoms with Crippen molar-refractivity contribution in [2.75, 3.05) is 7.11 Å². The smallest absolute Gasteiger partial charge is 0.268 e. The van der Waals surface area contributed by atoms with Crippen LogP contribution in [-0.4, -0.2) is 12.1 Å². The number of hydrogen-bond acceptors (Lipinski definition) is 2. The largest absolute Gasteiger partial charge is 0.495 e. The maximum Gasteiger partial charge on any atom is 0.268 e. The van der Waals surface area contributed by atoms with Gasteiger partial charge in [0.25, 0.3) is 6.43 Å². The van der Waals surface area contributed by atoms with Gasteiger partial charge in [0.15, 0.2) is 0 Å². The van der Waals surface area contributed by atoms with Crippen molar-refractivity contribution in [1.82, 2.24) is 4.98 Å². The van der Waals surface area contributed by atoms with Gasteiger partial charge in [0.2, 0.25) is 0 Å². The lowest BCUT2D eigenvalue weighted by atomic mass is 10.2. The van der Waals surface area contributed by atoms with E-state index in [9.17, 15) is 8.78 Å². The average molecular weight is 287 g/mol. The molecule has 0 unspecified atom stereocenters. The zero-order valence-corrected chi connectivity index (χ0v) is 9.57. The number of rotatable bonds is 3. The van der Waals surface area contributed by atoms with Gasteiger partial charge in [0.1, 0.15) is 5.75 Å². The number of hydrogen-bond donors (Lipinski definition) is 0. The monoisotopic (exact) mass is 285 g/mol. The van der Waals surface area contributed by atoms with Gasteiger partial charge in [0.05, 0.1) is 28.7 Å². The molecule has 0 aliphatic heterocycles. The van der Waals surface area contributed by atoms with Crippen LogP contribution in [0.15, 0.2) is 10.7 Å². The Labute approximate surface area is 93.4 Å². The highest BCUT2D eigenvalue weighted by molar-refractivity contribution is 9.10. The SMILES string of the molecule is COc1c(C(F)F)cnc(CCl)c1Br. The summed E-state index contributed by atoms with van der Waals surface area (Å²) in [5, 5.41) is 0. The Balaban J connectivity index is 3.28. The van der Waals surface area contributed by atoms with Gasteiger partial charge in [-0.1, -0.05) is 0 Å². The maximum atomic E-state index is 12.5. The first-order chi connectivity index (χ1) is 6.61. The van der Waals surface area contributed by atoms with Crippen LogP contribution in [0.3, 0.4) is 0 Å². The predicted octanol–water partition coefficient (Wildman–Crippen LogP) is 3.53. The van der Waals surface area contributed by atoms with Crippen molar-refractivity contribution < 1.29 is 13.5 Å². The molecule has 0 N–H and O–H groups in total. The average Bonchev–Trinajstić information content (AvgIpc) is 2.17. The maximum absolute atomic E-state index is 12.5. The van der Waals surface area contributed by atoms with E-state index in [1.54, 1.807) is 0 Å². The Morgan fingerprint density at radius 1 is 1.64 bits per heavy atom. The van der Waals surface area contributed by atoms with Gasteiger partial charge in [-0.05, 0) is 15.9 Å². The van der Waals surface area contributed by atoms with Gasteiger partial charge < -0.3 is 4.74 Å². The summed E-state index contributed by atoms with van der Waals surface area (Å²) < 4.78 is 30.1. The van der Waals surface area contributed by atoms with Gasteiger partial charge >= 0.3 is 0 Å². The van der Waals surface area contributed by atoms with E-state index < -0.39 is 6.43 Å². The van der Waals surface area contributed by atoms with Gasteiger partial charge in [0, 0.05) is 6.20 Å². The second-order valence-electron chi connectivity index (χ2n) is 2.44. The predicted molar refractivity (Wildman–Crippen MR) is 53.0 cm³/mol. The van der Waals surface area contributed by atoms with E-state index in [1.807, 2.05) is 0 Å².